The van der Waals surface area contributed by atoms with Crippen LogP contribution in [0.4, 0.5) is 0 Å². The number of H-pyrrole nitrogens is 1. The second-order valence-corrected chi connectivity index (χ2v) is 9.10. The van der Waals surface area contributed by atoms with Crippen molar-refractivity contribution >= 4 is 16.8 Å². The minimum Gasteiger partial charge on any atom is -0.357 e. The molecule has 1 fully saturated rings. The standard InChI is InChI=1S/C27H31N5O/c1-5-32-19(4)23(18(3)30-32)27(33)31-15-7-9-21(16-31)26-24(20-11-13-28-14-12-20)22-10-6-8-17(2)25(22)29-26/h6,8,10-14,21,29H,5,7,9,15-16H2,1-4H3/t21-/m0/s1. The van der Waals surface area contributed by atoms with Crippen LogP contribution in [0, 0.1) is 20.8 Å². The number of benzene rings is 1. The van der Waals surface area contributed by atoms with E-state index in [-0.39, 0.29) is 11.8 Å². The quantitative estimate of drug-likeness (QED) is 0.462. The van der Waals surface area contributed by atoms with Gasteiger partial charge < -0.3 is 9.88 Å². The van der Waals surface area contributed by atoms with Gasteiger partial charge in [0.1, 0.15) is 0 Å². The van der Waals surface area contributed by atoms with Crippen molar-refractivity contribution in [3.05, 3.63) is 70.9 Å². The number of rotatable bonds is 4. The van der Waals surface area contributed by atoms with Gasteiger partial charge in [0, 0.05) is 65.8 Å². The molecule has 1 aromatic carbocycles. The molecule has 170 valence electrons. The number of likely N-dealkylation sites (tertiary alicyclic amines) is 1. The Kier molecular flexibility index (Phi) is 5.52. The van der Waals surface area contributed by atoms with Crippen molar-refractivity contribution in [2.45, 2.75) is 53.0 Å². The summed E-state index contributed by atoms with van der Waals surface area (Å²) in [5.41, 5.74) is 8.58. The summed E-state index contributed by atoms with van der Waals surface area (Å²) in [5.74, 6) is 0.353. The number of aromatic nitrogens is 4. The first-order chi connectivity index (χ1) is 16.0. The number of hydrogen-bond donors (Lipinski definition) is 1. The lowest BCUT2D eigenvalue weighted by atomic mass is 9.89. The van der Waals surface area contributed by atoms with Gasteiger partial charge in [0.25, 0.3) is 5.91 Å². The van der Waals surface area contributed by atoms with Crippen LogP contribution in [0.3, 0.4) is 0 Å². The molecular formula is C27H31N5O. The number of nitrogens with zero attached hydrogens (tertiary/aromatic N) is 4. The summed E-state index contributed by atoms with van der Waals surface area (Å²) in [4.78, 5) is 23.6. The summed E-state index contributed by atoms with van der Waals surface area (Å²) < 4.78 is 1.92. The van der Waals surface area contributed by atoms with Gasteiger partial charge in [-0.2, -0.15) is 5.10 Å². The molecule has 1 saturated heterocycles. The molecule has 4 heterocycles. The van der Waals surface area contributed by atoms with Crippen LogP contribution in [0.1, 0.15) is 58.7 Å². The first-order valence-electron chi connectivity index (χ1n) is 11.8. The average molecular weight is 442 g/mol. The van der Waals surface area contributed by atoms with Crippen LogP contribution in [0.25, 0.3) is 22.0 Å². The molecule has 3 aromatic heterocycles. The Balaban J connectivity index is 1.54. The fraction of sp³-hybridized carbons (Fsp3) is 0.370. The van der Waals surface area contributed by atoms with Gasteiger partial charge in [-0.15, -0.1) is 0 Å². The van der Waals surface area contributed by atoms with Crippen molar-refractivity contribution in [3.63, 3.8) is 0 Å². The number of nitrogens with one attached hydrogen (secondary N) is 1. The zero-order chi connectivity index (χ0) is 23.1. The lowest BCUT2D eigenvalue weighted by Gasteiger charge is -2.33. The fourth-order valence-electron chi connectivity index (χ4n) is 5.39. The smallest absolute Gasteiger partial charge is 0.257 e. The van der Waals surface area contributed by atoms with Crippen molar-refractivity contribution in [3.8, 4) is 11.1 Å². The molecule has 5 rings (SSSR count). The van der Waals surface area contributed by atoms with Gasteiger partial charge in [0.05, 0.1) is 11.3 Å². The molecule has 1 atom stereocenters. The van der Waals surface area contributed by atoms with E-state index in [0.29, 0.717) is 6.54 Å². The van der Waals surface area contributed by atoms with E-state index in [4.69, 9.17) is 0 Å². The molecule has 33 heavy (non-hydrogen) atoms. The normalized spacial score (nSPS) is 16.5. The van der Waals surface area contributed by atoms with Crippen LogP contribution in [0.15, 0.2) is 42.7 Å². The van der Waals surface area contributed by atoms with Crippen LogP contribution in [0.2, 0.25) is 0 Å². The predicted octanol–water partition coefficient (Wildman–Crippen LogP) is 5.39. The minimum atomic E-state index is 0.104. The van der Waals surface area contributed by atoms with Crippen LogP contribution in [0.5, 0.6) is 0 Å². The average Bonchev–Trinajstić information content (AvgIpc) is 3.37. The van der Waals surface area contributed by atoms with Crippen LogP contribution in [-0.4, -0.2) is 43.6 Å². The number of hydrogen-bond acceptors (Lipinski definition) is 3. The Morgan fingerprint density at radius 3 is 2.67 bits per heavy atom. The molecule has 0 unspecified atom stereocenters. The van der Waals surface area contributed by atoms with E-state index in [1.165, 1.54) is 27.7 Å². The minimum absolute atomic E-state index is 0.104. The molecule has 1 N–H and O–H groups in total. The van der Waals surface area contributed by atoms with Crippen LogP contribution in [-0.2, 0) is 6.54 Å². The summed E-state index contributed by atoms with van der Waals surface area (Å²) >= 11 is 0. The van der Waals surface area contributed by atoms with Crippen molar-refractivity contribution < 1.29 is 4.79 Å². The van der Waals surface area contributed by atoms with Gasteiger partial charge in [-0.25, -0.2) is 0 Å². The maximum Gasteiger partial charge on any atom is 0.257 e. The molecule has 0 radical (unpaired) electrons. The SMILES string of the molecule is CCn1nc(C)c(C(=O)N2CCC[C@H](c3[nH]c4c(C)cccc4c3-c3ccncc3)C2)c1C. The molecule has 0 saturated carbocycles. The molecule has 1 aliphatic rings. The highest BCUT2D eigenvalue weighted by molar-refractivity contribution is 5.99. The molecule has 0 spiro atoms. The van der Waals surface area contributed by atoms with Crippen molar-refractivity contribution in [1.82, 2.24) is 24.6 Å². The summed E-state index contributed by atoms with van der Waals surface area (Å²) in [5, 5.41) is 5.80. The molecule has 1 aliphatic heterocycles. The highest BCUT2D eigenvalue weighted by Crippen LogP contribution is 2.40. The molecule has 1 amide bonds. The van der Waals surface area contributed by atoms with Gasteiger partial charge in [0.15, 0.2) is 0 Å². The number of piperidine rings is 1. The van der Waals surface area contributed by atoms with E-state index in [1.807, 2.05) is 35.8 Å². The summed E-state index contributed by atoms with van der Waals surface area (Å²) in [6, 6.07) is 10.6. The molecule has 0 aliphatic carbocycles. The third-order valence-electron chi connectivity index (χ3n) is 7.05. The number of aryl methyl sites for hydroxylation is 3. The highest BCUT2D eigenvalue weighted by Gasteiger charge is 2.31. The van der Waals surface area contributed by atoms with Crippen molar-refractivity contribution in [1.29, 1.82) is 0 Å². The van der Waals surface area contributed by atoms with Gasteiger partial charge >= 0.3 is 0 Å². The van der Waals surface area contributed by atoms with E-state index in [9.17, 15) is 4.79 Å². The van der Waals surface area contributed by atoms with E-state index in [1.54, 1.807) is 0 Å². The van der Waals surface area contributed by atoms with E-state index in [2.05, 4.69) is 59.2 Å². The predicted molar refractivity (Wildman–Crippen MR) is 132 cm³/mol. The van der Waals surface area contributed by atoms with Crippen molar-refractivity contribution in [2.75, 3.05) is 13.1 Å². The number of aromatic amines is 1. The van der Waals surface area contributed by atoms with Crippen molar-refractivity contribution in [2.24, 2.45) is 0 Å². The van der Waals surface area contributed by atoms with E-state index >= 15 is 0 Å². The van der Waals surface area contributed by atoms with Gasteiger partial charge in [-0.05, 0) is 63.8 Å². The van der Waals surface area contributed by atoms with E-state index in [0.717, 1.165) is 48.4 Å². The number of amides is 1. The second-order valence-electron chi connectivity index (χ2n) is 9.10. The second kappa shape index (κ2) is 8.50. The Morgan fingerprint density at radius 2 is 1.94 bits per heavy atom. The maximum absolute atomic E-state index is 13.6. The molecular weight excluding hydrogens is 410 g/mol. The Labute approximate surface area is 194 Å². The van der Waals surface area contributed by atoms with E-state index < -0.39 is 0 Å². The largest absolute Gasteiger partial charge is 0.357 e. The monoisotopic (exact) mass is 441 g/mol. The number of carbonyl (C=O) groups is 1. The number of carbonyl (C=O) groups excluding carboxylic acids is 1. The summed E-state index contributed by atoms with van der Waals surface area (Å²) in [6.45, 7) is 10.4. The highest BCUT2D eigenvalue weighted by atomic mass is 16.2. The lowest BCUT2D eigenvalue weighted by Crippen LogP contribution is -2.39. The maximum atomic E-state index is 13.6. The topological polar surface area (TPSA) is 66.8 Å². The zero-order valence-corrected chi connectivity index (χ0v) is 19.9. The van der Waals surface area contributed by atoms with Crippen LogP contribution >= 0.6 is 0 Å². The number of fused-ring (bicyclic) bond motifs is 1. The Morgan fingerprint density at radius 1 is 1.15 bits per heavy atom. The third-order valence-corrected chi connectivity index (χ3v) is 7.05. The molecule has 0 bridgehead atoms. The molecule has 4 aromatic rings. The Bertz CT molecular complexity index is 1320. The number of para-hydroxylation sites is 1. The lowest BCUT2D eigenvalue weighted by molar-refractivity contribution is 0.0704. The Hall–Kier alpha value is -3.41. The summed E-state index contributed by atoms with van der Waals surface area (Å²) in [6.07, 6.45) is 5.74. The number of pyridine rings is 1. The van der Waals surface area contributed by atoms with Gasteiger partial charge in [-0.3, -0.25) is 14.5 Å². The third kappa shape index (κ3) is 3.63. The van der Waals surface area contributed by atoms with Gasteiger partial charge in [-0.1, -0.05) is 18.2 Å². The summed E-state index contributed by atoms with van der Waals surface area (Å²) in [7, 11) is 0. The first kappa shape index (κ1) is 21.4. The molecule has 6 nitrogen and oxygen atoms in total. The zero-order valence-electron chi connectivity index (χ0n) is 19.9. The first-order valence-corrected chi connectivity index (χ1v) is 11.8. The van der Waals surface area contributed by atoms with Gasteiger partial charge in [0.2, 0.25) is 0 Å². The molecule has 6 heteroatoms. The fourth-order valence-corrected chi connectivity index (χ4v) is 5.39. The van der Waals surface area contributed by atoms with Crippen LogP contribution < -0.4 is 0 Å².